The van der Waals surface area contributed by atoms with Crippen LogP contribution in [0.4, 0.5) is 11.6 Å². The molecule has 0 saturated carbocycles. The molecule has 0 radical (unpaired) electrons. The van der Waals surface area contributed by atoms with Crippen LogP contribution in [0.25, 0.3) is 5.69 Å². The molecule has 19 heavy (non-hydrogen) atoms. The molecule has 1 heterocycles. The molecular formula is C14H12N4O. The zero-order valence-corrected chi connectivity index (χ0v) is 10.1. The molecule has 0 saturated heterocycles. The Morgan fingerprint density at radius 2 is 1.58 bits per heavy atom. The molecule has 3 rings (SSSR count). The number of para-hydroxylation sites is 2. The molecule has 5 nitrogen and oxygen atoms in total. The van der Waals surface area contributed by atoms with E-state index in [0.717, 1.165) is 11.4 Å². The first-order valence-electron chi connectivity index (χ1n) is 5.89. The Bertz CT molecular complexity index is 716. The Hall–Kier alpha value is -2.82. The molecule has 0 aliphatic heterocycles. The van der Waals surface area contributed by atoms with Crippen molar-refractivity contribution in [3.63, 3.8) is 0 Å². The highest BCUT2D eigenvalue weighted by molar-refractivity contribution is 5.55. The number of benzene rings is 2. The zero-order valence-electron chi connectivity index (χ0n) is 10.1. The van der Waals surface area contributed by atoms with Gasteiger partial charge >= 0.3 is 5.69 Å². The lowest BCUT2D eigenvalue weighted by molar-refractivity contribution is 0.985. The Morgan fingerprint density at radius 3 is 2.26 bits per heavy atom. The molecule has 0 unspecified atom stereocenters. The maximum absolute atomic E-state index is 11.8. The van der Waals surface area contributed by atoms with Crippen molar-refractivity contribution < 1.29 is 0 Å². The third-order valence-corrected chi connectivity index (χ3v) is 2.72. The molecule has 0 aliphatic rings. The first-order chi connectivity index (χ1) is 9.34. The van der Waals surface area contributed by atoms with Crippen molar-refractivity contribution in [1.29, 1.82) is 0 Å². The number of aromatic nitrogens is 3. The lowest BCUT2D eigenvalue weighted by Crippen LogP contribution is -2.16. The maximum atomic E-state index is 11.8. The third-order valence-electron chi connectivity index (χ3n) is 2.72. The van der Waals surface area contributed by atoms with Crippen molar-refractivity contribution in [2.45, 2.75) is 0 Å². The largest absolute Gasteiger partial charge is 0.349 e. The van der Waals surface area contributed by atoms with E-state index in [2.05, 4.69) is 15.5 Å². The summed E-state index contributed by atoms with van der Waals surface area (Å²) in [6.07, 6.45) is 0. The molecule has 0 amide bonds. The molecule has 2 N–H and O–H groups in total. The summed E-state index contributed by atoms with van der Waals surface area (Å²) in [5, 5.41) is 9.57. The molecule has 0 fully saturated rings. The second-order valence-electron chi connectivity index (χ2n) is 4.01. The number of anilines is 2. The smallest absolute Gasteiger partial charge is 0.324 e. The third kappa shape index (κ3) is 2.26. The number of rotatable bonds is 3. The van der Waals surface area contributed by atoms with E-state index in [-0.39, 0.29) is 5.69 Å². The topological polar surface area (TPSA) is 62.7 Å². The van der Waals surface area contributed by atoms with Gasteiger partial charge in [0.05, 0.1) is 5.69 Å². The van der Waals surface area contributed by atoms with Crippen LogP contribution in [0.1, 0.15) is 0 Å². The van der Waals surface area contributed by atoms with Crippen molar-refractivity contribution in [2.75, 3.05) is 5.32 Å². The summed E-state index contributed by atoms with van der Waals surface area (Å²) in [6, 6.07) is 18.9. The van der Waals surface area contributed by atoms with Gasteiger partial charge in [0.15, 0.2) is 0 Å². The molecule has 0 atom stereocenters. The van der Waals surface area contributed by atoms with Crippen LogP contribution in [-0.2, 0) is 0 Å². The van der Waals surface area contributed by atoms with Gasteiger partial charge < -0.3 is 5.32 Å². The van der Waals surface area contributed by atoms with E-state index < -0.39 is 0 Å². The van der Waals surface area contributed by atoms with Crippen molar-refractivity contribution >= 4 is 11.6 Å². The molecule has 5 heteroatoms. The zero-order chi connectivity index (χ0) is 13.1. The summed E-state index contributed by atoms with van der Waals surface area (Å²) in [4.78, 5) is 11.8. The van der Waals surface area contributed by atoms with Crippen molar-refractivity contribution in [3.05, 3.63) is 71.1 Å². The predicted molar refractivity (Wildman–Crippen MR) is 73.9 cm³/mol. The number of H-pyrrole nitrogens is 1. The van der Waals surface area contributed by atoms with Crippen molar-refractivity contribution in [2.24, 2.45) is 0 Å². The fourth-order valence-corrected chi connectivity index (χ4v) is 1.85. The van der Waals surface area contributed by atoms with E-state index in [4.69, 9.17) is 0 Å². The molecular weight excluding hydrogens is 240 g/mol. The molecule has 0 spiro atoms. The predicted octanol–water partition coefficient (Wildman–Crippen LogP) is 2.30. The van der Waals surface area contributed by atoms with E-state index in [0.29, 0.717) is 5.95 Å². The van der Waals surface area contributed by atoms with Gasteiger partial charge in [0.2, 0.25) is 5.95 Å². The van der Waals surface area contributed by atoms with Gasteiger partial charge in [-0.3, -0.25) is 0 Å². The van der Waals surface area contributed by atoms with Gasteiger partial charge in [-0.25, -0.2) is 14.5 Å². The Kier molecular flexibility index (Phi) is 2.86. The van der Waals surface area contributed by atoms with Gasteiger partial charge in [-0.15, -0.1) is 5.10 Å². The van der Waals surface area contributed by atoms with Crippen LogP contribution in [0, 0.1) is 0 Å². The van der Waals surface area contributed by atoms with Crippen molar-refractivity contribution in [3.8, 4) is 5.69 Å². The molecule has 94 valence electrons. The van der Waals surface area contributed by atoms with Gasteiger partial charge in [0, 0.05) is 5.69 Å². The Balaban J connectivity index is 2.03. The van der Waals surface area contributed by atoms with Crippen LogP contribution in [0.2, 0.25) is 0 Å². The fourth-order valence-electron chi connectivity index (χ4n) is 1.85. The minimum Gasteiger partial charge on any atom is -0.324 e. The van der Waals surface area contributed by atoms with Gasteiger partial charge in [-0.1, -0.05) is 36.4 Å². The number of nitrogens with one attached hydrogen (secondary N) is 2. The van der Waals surface area contributed by atoms with Crippen molar-refractivity contribution in [1.82, 2.24) is 14.8 Å². The molecule has 0 aliphatic carbocycles. The van der Waals surface area contributed by atoms with Gasteiger partial charge in [-0.2, -0.15) is 0 Å². The second-order valence-corrected chi connectivity index (χ2v) is 4.01. The van der Waals surface area contributed by atoms with E-state index in [1.807, 2.05) is 60.7 Å². The number of hydrogen-bond acceptors (Lipinski definition) is 3. The first-order valence-corrected chi connectivity index (χ1v) is 5.89. The highest BCUT2D eigenvalue weighted by Crippen LogP contribution is 2.15. The second kappa shape index (κ2) is 4.81. The minimum absolute atomic E-state index is 0.273. The molecule has 3 aromatic rings. The van der Waals surface area contributed by atoms with Crippen LogP contribution in [0.5, 0.6) is 0 Å². The first kappa shape index (κ1) is 11.3. The highest BCUT2D eigenvalue weighted by Gasteiger charge is 2.09. The number of aromatic amines is 1. The van der Waals surface area contributed by atoms with Crippen LogP contribution >= 0.6 is 0 Å². The van der Waals surface area contributed by atoms with Crippen LogP contribution < -0.4 is 11.0 Å². The fraction of sp³-hybridized carbons (Fsp3) is 0. The number of hydrogen-bond donors (Lipinski definition) is 2. The standard InChI is InChI=1S/C14H12N4O/c19-14-17-16-13(15-11-7-3-1-4-8-11)18(14)12-9-5-2-6-10-12/h1-10H,(H,15,16)(H,17,19). The van der Waals surface area contributed by atoms with Crippen LogP contribution in [0.3, 0.4) is 0 Å². The molecule has 1 aromatic heterocycles. The summed E-state index contributed by atoms with van der Waals surface area (Å²) in [7, 11) is 0. The van der Waals surface area contributed by atoms with Gasteiger partial charge in [0.1, 0.15) is 0 Å². The maximum Gasteiger partial charge on any atom is 0.349 e. The summed E-state index contributed by atoms with van der Waals surface area (Å²) < 4.78 is 1.49. The van der Waals surface area contributed by atoms with Crippen LogP contribution in [0.15, 0.2) is 65.5 Å². The molecule has 0 bridgehead atoms. The molecule has 2 aromatic carbocycles. The van der Waals surface area contributed by atoms with Gasteiger partial charge in [0.25, 0.3) is 0 Å². The summed E-state index contributed by atoms with van der Waals surface area (Å²) >= 11 is 0. The van der Waals surface area contributed by atoms with E-state index in [9.17, 15) is 4.79 Å². The SMILES string of the molecule is O=c1[nH]nc(Nc2ccccc2)n1-c1ccccc1. The van der Waals surface area contributed by atoms with E-state index in [1.54, 1.807) is 0 Å². The summed E-state index contributed by atoms with van der Waals surface area (Å²) in [5.74, 6) is 0.461. The Labute approximate surface area is 109 Å². The van der Waals surface area contributed by atoms with Gasteiger partial charge in [-0.05, 0) is 24.3 Å². The van der Waals surface area contributed by atoms with Crippen LogP contribution in [-0.4, -0.2) is 14.8 Å². The lowest BCUT2D eigenvalue weighted by Gasteiger charge is -2.07. The quantitative estimate of drug-likeness (QED) is 0.751. The lowest BCUT2D eigenvalue weighted by atomic mass is 10.3. The Morgan fingerprint density at radius 1 is 0.947 bits per heavy atom. The number of nitrogens with zero attached hydrogens (tertiary/aromatic N) is 2. The highest BCUT2D eigenvalue weighted by atomic mass is 16.1. The van der Waals surface area contributed by atoms with E-state index >= 15 is 0 Å². The normalized spacial score (nSPS) is 10.3. The average Bonchev–Trinajstić information content (AvgIpc) is 2.82. The average molecular weight is 252 g/mol. The minimum atomic E-state index is -0.273. The summed E-state index contributed by atoms with van der Waals surface area (Å²) in [5.41, 5.74) is 1.36. The van der Waals surface area contributed by atoms with E-state index in [1.165, 1.54) is 4.57 Å². The summed E-state index contributed by atoms with van der Waals surface area (Å²) in [6.45, 7) is 0. The monoisotopic (exact) mass is 252 g/mol.